The zero-order valence-corrected chi connectivity index (χ0v) is 13.0. The van der Waals surface area contributed by atoms with Crippen molar-refractivity contribution in [1.82, 2.24) is 0 Å². The van der Waals surface area contributed by atoms with Gasteiger partial charge in [0.1, 0.15) is 5.82 Å². The lowest BCUT2D eigenvalue weighted by Crippen LogP contribution is -2.14. The predicted octanol–water partition coefficient (Wildman–Crippen LogP) is 3.48. The molecule has 0 saturated heterocycles. The maximum absolute atomic E-state index is 13.2. The summed E-state index contributed by atoms with van der Waals surface area (Å²) in [4.78, 5) is -0.0439. The molecule has 0 radical (unpaired) electrons. The minimum Gasteiger partial charge on any atom is -0.398 e. The van der Waals surface area contributed by atoms with E-state index in [9.17, 15) is 12.8 Å². The highest BCUT2D eigenvalue weighted by Crippen LogP contribution is 2.27. The van der Waals surface area contributed by atoms with Gasteiger partial charge in [-0.2, -0.15) is 0 Å². The van der Waals surface area contributed by atoms with E-state index in [2.05, 4.69) is 4.72 Å². The van der Waals surface area contributed by atoms with Gasteiger partial charge in [-0.05, 0) is 55.3 Å². The highest BCUT2D eigenvalue weighted by atomic mass is 35.5. The van der Waals surface area contributed by atoms with Crippen molar-refractivity contribution >= 4 is 33.0 Å². The summed E-state index contributed by atoms with van der Waals surface area (Å²) in [5, 5.41) is 0.269. The van der Waals surface area contributed by atoms with Crippen molar-refractivity contribution in [2.24, 2.45) is 0 Å². The van der Waals surface area contributed by atoms with E-state index in [4.69, 9.17) is 17.3 Å². The van der Waals surface area contributed by atoms with Crippen LogP contribution in [0.5, 0.6) is 0 Å². The normalized spacial score (nSPS) is 11.4. The van der Waals surface area contributed by atoms with E-state index in [0.717, 1.165) is 0 Å². The highest BCUT2D eigenvalue weighted by Gasteiger charge is 2.17. The van der Waals surface area contributed by atoms with E-state index < -0.39 is 15.8 Å². The molecule has 7 heteroatoms. The largest absolute Gasteiger partial charge is 0.398 e. The van der Waals surface area contributed by atoms with E-state index in [1.165, 1.54) is 30.3 Å². The molecule has 4 nitrogen and oxygen atoms in total. The summed E-state index contributed by atoms with van der Waals surface area (Å²) in [7, 11) is -3.84. The second-order valence-corrected chi connectivity index (χ2v) is 6.78. The lowest BCUT2D eigenvalue weighted by atomic mass is 10.2. The molecular weight excluding hydrogens is 315 g/mol. The zero-order valence-electron chi connectivity index (χ0n) is 11.4. The Kier molecular flexibility index (Phi) is 4.11. The van der Waals surface area contributed by atoms with Gasteiger partial charge in [-0.25, -0.2) is 12.8 Å². The van der Waals surface area contributed by atoms with Gasteiger partial charge in [-0.3, -0.25) is 4.72 Å². The molecule has 0 aliphatic rings. The number of hydrogen-bond acceptors (Lipinski definition) is 3. The molecule has 0 fully saturated rings. The number of nitrogens with one attached hydrogen (secondary N) is 1. The van der Waals surface area contributed by atoms with Crippen LogP contribution < -0.4 is 10.5 Å². The van der Waals surface area contributed by atoms with Gasteiger partial charge < -0.3 is 5.73 Å². The number of sulfonamides is 1. The zero-order chi connectivity index (χ0) is 15.8. The molecule has 3 N–H and O–H groups in total. The fourth-order valence-corrected chi connectivity index (χ4v) is 3.15. The summed E-state index contributed by atoms with van der Waals surface area (Å²) in [6, 6.07) is 6.61. The molecule has 0 atom stereocenters. The Morgan fingerprint density at radius 2 is 1.86 bits per heavy atom. The summed E-state index contributed by atoms with van der Waals surface area (Å²) in [6.45, 7) is 3.25. The lowest BCUT2D eigenvalue weighted by Gasteiger charge is -2.11. The van der Waals surface area contributed by atoms with Crippen LogP contribution in [0.2, 0.25) is 5.02 Å². The fourth-order valence-electron chi connectivity index (χ4n) is 1.75. The van der Waals surface area contributed by atoms with E-state index in [-0.39, 0.29) is 21.3 Å². The number of nitrogen functional groups attached to an aromatic ring is 1. The summed E-state index contributed by atoms with van der Waals surface area (Å²) in [5.74, 6) is -0.402. The molecule has 0 bridgehead atoms. The van der Waals surface area contributed by atoms with Crippen LogP contribution in [0.1, 0.15) is 11.1 Å². The third-order valence-electron chi connectivity index (χ3n) is 3.08. The number of hydrogen-bond donors (Lipinski definition) is 2. The van der Waals surface area contributed by atoms with Gasteiger partial charge >= 0.3 is 0 Å². The third kappa shape index (κ3) is 3.28. The molecule has 0 amide bonds. The van der Waals surface area contributed by atoms with Crippen LogP contribution in [0.15, 0.2) is 35.2 Å². The quantitative estimate of drug-likeness (QED) is 0.847. The van der Waals surface area contributed by atoms with E-state index in [1.807, 2.05) is 0 Å². The van der Waals surface area contributed by atoms with E-state index >= 15 is 0 Å². The summed E-state index contributed by atoms with van der Waals surface area (Å²) in [6.07, 6.45) is 0. The van der Waals surface area contributed by atoms with Gasteiger partial charge in [0, 0.05) is 16.4 Å². The second-order valence-electron chi connectivity index (χ2n) is 4.69. The van der Waals surface area contributed by atoms with Gasteiger partial charge in [-0.15, -0.1) is 0 Å². The summed E-state index contributed by atoms with van der Waals surface area (Å²) in [5.41, 5.74) is 7.25. The van der Waals surface area contributed by atoms with Crippen molar-refractivity contribution in [3.8, 4) is 0 Å². The molecule has 2 rings (SSSR count). The maximum Gasteiger partial charge on any atom is 0.262 e. The number of nitrogens with two attached hydrogens (primary N) is 1. The molecule has 2 aromatic rings. The van der Waals surface area contributed by atoms with Crippen molar-refractivity contribution in [2.45, 2.75) is 18.7 Å². The first-order valence-corrected chi connectivity index (χ1v) is 7.91. The number of aryl methyl sites for hydroxylation is 1. The van der Waals surface area contributed by atoms with Crippen molar-refractivity contribution in [3.05, 3.63) is 52.3 Å². The Hall–Kier alpha value is -1.79. The predicted molar refractivity (Wildman–Crippen MR) is 82.5 cm³/mol. The topological polar surface area (TPSA) is 72.2 Å². The minimum absolute atomic E-state index is 0.0439. The summed E-state index contributed by atoms with van der Waals surface area (Å²) < 4.78 is 40.2. The second kappa shape index (κ2) is 5.54. The Labute approximate surface area is 127 Å². The van der Waals surface area contributed by atoms with Crippen LogP contribution in [0.3, 0.4) is 0 Å². The third-order valence-corrected chi connectivity index (χ3v) is 4.83. The molecule has 0 aliphatic carbocycles. The Morgan fingerprint density at radius 3 is 2.43 bits per heavy atom. The van der Waals surface area contributed by atoms with Gasteiger partial charge in [0.05, 0.1) is 4.90 Å². The molecule has 0 unspecified atom stereocenters. The first kappa shape index (κ1) is 15.6. The van der Waals surface area contributed by atoms with Crippen LogP contribution in [0.25, 0.3) is 0 Å². The van der Waals surface area contributed by atoms with Crippen LogP contribution >= 0.6 is 11.6 Å². The van der Waals surface area contributed by atoms with Crippen LogP contribution in [-0.4, -0.2) is 8.42 Å². The van der Waals surface area contributed by atoms with Gasteiger partial charge in [-0.1, -0.05) is 11.6 Å². The molecule has 21 heavy (non-hydrogen) atoms. The summed E-state index contributed by atoms with van der Waals surface area (Å²) >= 11 is 5.95. The Balaban J connectivity index is 2.40. The molecule has 0 heterocycles. The standard InChI is InChI=1S/C14H14ClFN2O2S/c1-8-5-10(3-4-13(8)16)18-21(19,20)11-6-12(15)9(2)14(17)7-11/h3-7,18H,17H2,1-2H3. The maximum atomic E-state index is 13.2. The molecule has 0 saturated carbocycles. The van der Waals surface area contributed by atoms with E-state index in [1.54, 1.807) is 13.8 Å². The van der Waals surface area contributed by atoms with Gasteiger partial charge in [0.15, 0.2) is 0 Å². The lowest BCUT2D eigenvalue weighted by molar-refractivity contribution is 0.601. The number of rotatable bonds is 3. The number of halogens is 2. The fraction of sp³-hybridized carbons (Fsp3) is 0.143. The number of benzene rings is 2. The first-order valence-electron chi connectivity index (χ1n) is 6.05. The average molecular weight is 329 g/mol. The Bertz CT molecular complexity index is 784. The van der Waals surface area contributed by atoms with E-state index in [0.29, 0.717) is 11.1 Å². The monoisotopic (exact) mass is 328 g/mol. The van der Waals surface area contributed by atoms with Gasteiger partial charge in [0.25, 0.3) is 10.0 Å². The minimum atomic E-state index is -3.84. The smallest absolute Gasteiger partial charge is 0.262 e. The van der Waals surface area contributed by atoms with Crippen molar-refractivity contribution in [3.63, 3.8) is 0 Å². The molecule has 0 aliphatic heterocycles. The highest BCUT2D eigenvalue weighted by molar-refractivity contribution is 7.92. The molecule has 0 aromatic heterocycles. The van der Waals surface area contributed by atoms with Crippen LogP contribution in [-0.2, 0) is 10.0 Å². The van der Waals surface area contributed by atoms with Gasteiger partial charge in [0.2, 0.25) is 0 Å². The first-order chi connectivity index (χ1) is 9.70. The number of anilines is 2. The molecule has 0 spiro atoms. The Morgan fingerprint density at radius 1 is 1.19 bits per heavy atom. The van der Waals surface area contributed by atoms with Crippen LogP contribution in [0, 0.1) is 19.7 Å². The van der Waals surface area contributed by atoms with Crippen molar-refractivity contribution < 1.29 is 12.8 Å². The molecule has 112 valence electrons. The van der Waals surface area contributed by atoms with Crippen LogP contribution in [0.4, 0.5) is 15.8 Å². The SMILES string of the molecule is Cc1cc(NS(=O)(=O)c2cc(N)c(C)c(Cl)c2)ccc1F. The average Bonchev–Trinajstić information content (AvgIpc) is 2.39. The molecule has 2 aromatic carbocycles. The van der Waals surface area contributed by atoms with Crippen molar-refractivity contribution in [2.75, 3.05) is 10.5 Å². The molecular formula is C14H14ClFN2O2S. The van der Waals surface area contributed by atoms with Crippen molar-refractivity contribution in [1.29, 1.82) is 0 Å².